The molecular formula is C7H10BrO3+. The van der Waals surface area contributed by atoms with Crippen LogP contribution < -0.4 is 0 Å². The van der Waals surface area contributed by atoms with Crippen LogP contribution in [0.3, 0.4) is 0 Å². The number of halogens is 1. The molecule has 0 amide bonds. The minimum Gasteiger partial charge on any atom is -0.466 e. The SMILES string of the molecule is [CH2+]C(Br)C(=O)CC(=O)OCC. The summed E-state index contributed by atoms with van der Waals surface area (Å²) in [6.45, 7) is 5.41. The molecule has 0 N–H and O–H groups in total. The second-order valence-electron chi connectivity index (χ2n) is 1.92. The van der Waals surface area contributed by atoms with Crippen LogP contribution >= 0.6 is 15.9 Å². The van der Waals surface area contributed by atoms with Crippen molar-refractivity contribution in [2.45, 2.75) is 18.2 Å². The molecule has 0 bridgehead atoms. The maximum Gasteiger partial charge on any atom is 0.313 e. The maximum atomic E-state index is 10.8. The molecule has 0 spiro atoms. The van der Waals surface area contributed by atoms with Crippen molar-refractivity contribution in [3.8, 4) is 0 Å². The quantitative estimate of drug-likeness (QED) is 0.309. The van der Waals surface area contributed by atoms with E-state index in [9.17, 15) is 9.59 Å². The van der Waals surface area contributed by atoms with E-state index in [1.807, 2.05) is 0 Å². The molecular weight excluding hydrogens is 212 g/mol. The van der Waals surface area contributed by atoms with Gasteiger partial charge in [0.15, 0.2) is 0 Å². The minimum atomic E-state index is -0.521. The van der Waals surface area contributed by atoms with Gasteiger partial charge in [0.05, 0.1) is 13.5 Å². The number of hydrogen-bond donors (Lipinski definition) is 0. The lowest BCUT2D eigenvalue weighted by atomic mass is 10.2. The summed E-state index contributed by atoms with van der Waals surface area (Å²) in [5.41, 5.74) is 0. The second kappa shape index (κ2) is 5.18. The Labute approximate surface area is 74.2 Å². The highest BCUT2D eigenvalue weighted by Gasteiger charge is 2.19. The molecule has 1 atom stereocenters. The van der Waals surface area contributed by atoms with Crippen LogP contribution in [0.5, 0.6) is 0 Å². The third-order valence-corrected chi connectivity index (χ3v) is 1.48. The molecule has 0 aromatic heterocycles. The van der Waals surface area contributed by atoms with Gasteiger partial charge in [0, 0.05) is 0 Å². The molecule has 0 radical (unpaired) electrons. The lowest BCUT2D eigenvalue weighted by molar-refractivity contribution is -0.145. The molecule has 0 aromatic carbocycles. The van der Waals surface area contributed by atoms with Crippen LogP contribution in [-0.2, 0) is 14.3 Å². The normalized spacial score (nSPS) is 12.2. The Morgan fingerprint density at radius 3 is 2.55 bits per heavy atom. The summed E-state index contributed by atoms with van der Waals surface area (Å²) < 4.78 is 4.55. The van der Waals surface area contributed by atoms with Crippen LogP contribution in [0.4, 0.5) is 0 Å². The Kier molecular flexibility index (Phi) is 4.94. The third-order valence-electron chi connectivity index (χ3n) is 0.973. The first kappa shape index (κ1) is 10.5. The number of alkyl halides is 1. The maximum absolute atomic E-state index is 10.8. The number of Topliss-reactive ketones (excluding diaryl/α,β-unsaturated/α-hetero) is 1. The average Bonchev–Trinajstić information content (AvgIpc) is 1.87. The summed E-state index contributed by atoms with van der Waals surface area (Å²) in [4.78, 5) is 21.0. The topological polar surface area (TPSA) is 43.4 Å². The van der Waals surface area contributed by atoms with Crippen LogP contribution in [-0.4, -0.2) is 23.2 Å². The Hall–Kier alpha value is -0.510. The number of ether oxygens (including phenoxy) is 1. The van der Waals surface area contributed by atoms with Crippen molar-refractivity contribution >= 4 is 27.7 Å². The highest BCUT2D eigenvalue weighted by molar-refractivity contribution is 9.10. The highest BCUT2D eigenvalue weighted by atomic mass is 79.9. The van der Waals surface area contributed by atoms with Gasteiger partial charge >= 0.3 is 5.97 Å². The van der Waals surface area contributed by atoms with Gasteiger partial charge in [-0.1, -0.05) is 0 Å². The van der Waals surface area contributed by atoms with E-state index < -0.39 is 10.8 Å². The first-order chi connectivity index (χ1) is 5.07. The number of hydrogen-bond acceptors (Lipinski definition) is 3. The van der Waals surface area contributed by atoms with Gasteiger partial charge in [-0.15, -0.1) is 0 Å². The van der Waals surface area contributed by atoms with E-state index in [1.165, 1.54) is 0 Å². The minimum absolute atomic E-state index is 0.201. The molecule has 1 unspecified atom stereocenters. The molecule has 62 valence electrons. The largest absolute Gasteiger partial charge is 0.466 e. The molecule has 0 aromatic rings. The second-order valence-corrected chi connectivity index (χ2v) is 3.02. The molecule has 0 aliphatic heterocycles. The monoisotopic (exact) mass is 221 g/mol. The van der Waals surface area contributed by atoms with Crippen molar-refractivity contribution in [2.24, 2.45) is 0 Å². The molecule has 0 saturated carbocycles. The first-order valence-electron chi connectivity index (χ1n) is 3.23. The van der Waals surface area contributed by atoms with Crippen molar-refractivity contribution in [1.82, 2.24) is 0 Å². The van der Waals surface area contributed by atoms with Gasteiger partial charge < -0.3 is 4.74 Å². The van der Waals surface area contributed by atoms with Gasteiger partial charge in [-0.05, 0) is 22.9 Å². The number of rotatable bonds is 4. The zero-order valence-corrected chi connectivity index (χ0v) is 7.89. The van der Waals surface area contributed by atoms with Crippen molar-refractivity contribution in [3.05, 3.63) is 6.92 Å². The summed E-state index contributed by atoms with van der Waals surface area (Å²) in [7, 11) is 0. The number of esters is 1. The molecule has 11 heavy (non-hydrogen) atoms. The summed E-state index contributed by atoms with van der Waals surface area (Å²) in [6.07, 6.45) is -0.201. The van der Waals surface area contributed by atoms with Gasteiger partial charge in [0.2, 0.25) is 10.6 Å². The predicted octanol–water partition coefficient (Wildman–Crippen LogP) is 1.11. The van der Waals surface area contributed by atoms with Gasteiger partial charge in [-0.3, -0.25) is 9.59 Å². The van der Waals surface area contributed by atoms with E-state index in [4.69, 9.17) is 0 Å². The molecule has 0 heterocycles. The van der Waals surface area contributed by atoms with E-state index in [2.05, 4.69) is 27.6 Å². The Balaban J connectivity index is 3.67. The highest BCUT2D eigenvalue weighted by Crippen LogP contribution is 2.02. The summed E-state index contributed by atoms with van der Waals surface area (Å²) in [6, 6.07) is 0. The first-order valence-corrected chi connectivity index (χ1v) is 4.15. The molecule has 0 aliphatic carbocycles. The third kappa shape index (κ3) is 4.84. The fourth-order valence-electron chi connectivity index (χ4n) is 0.465. The predicted molar refractivity (Wildman–Crippen MR) is 44.3 cm³/mol. The van der Waals surface area contributed by atoms with Crippen LogP contribution in [0.25, 0.3) is 0 Å². The molecule has 0 fully saturated rings. The van der Waals surface area contributed by atoms with E-state index >= 15 is 0 Å². The smallest absolute Gasteiger partial charge is 0.313 e. The van der Waals surface area contributed by atoms with Crippen molar-refractivity contribution in [1.29, 1.82) is 0 Å². The zero-order chi connectivity index (χ0) is 8.85. The lowest BCUT2D eigenvalue weighted by Crippen LogP contribution is -2.17. The standard InChI is InChI=1S/C7H10BrO3/c1-3-11-7(10)4-6(9)5(2)8/h5H,2-4H2,1H3/q+1. The fourth-order valence-corrected chi connectivity index (χ4v) is 0.627. The molecule has 0 aliphatic rings. The number of carbonyl (C=O) groups is 2. The molecule has 4 heteroatoms. The van der Waals surface area contributed by atoms with Crippen molar-refractivity contribution in [2.75, 3.05) is 6.61 Å². The Morgan fingerprint density at radius 2 is 2.18 bits per heavy atom. The van der Waals surface area contributed by atoms with Crippen LogP contribution in [0.2, 0.25) is 0 Å². The fraction of sp³-hybridized carbons (Fsp3) is 0.571. The van der Waals surface area contributed by atoms with Crippen molar-refractivity contribution in [3.63, 3.8) is 0 Å². The van der Waals surface area contributed by atoms with Crippen LogP contribution in [0.15, 0.2) is 0 Å². The summed E-state index contributed by atoms with van der Waals surface area (Å²) in [5, 5.41) is 0. The Morgan fingerprint density at radius 1 is 1.64 bits per heavy atom. The molecule has 3 nitrogen and oxygen atoms in total. The van der Waals surface area contributed by atoms with Crippen LogP contribution in [0.1, 0.15) is 13.3 Å². The van der Waals surface area contributed by atoms with Crippen LogP contribution in [0, 0.1) is 6.92 Å². The summed E-state index contributed by atoms with van der Waals surface area (Å²) >= 11 is 2.95. The van der Waals surface area contributed by atoms with Gasteiger partial charge in [-0.2, -0.15) is 0 Å². The average molecular weight is 222 g/mol. The van der Waals surface area contributed by atoms with Crippen molar-refractivity contribution < 1.29 is 14.3 Å². The van der Waals surface area contributed by atoms with E-state index in [-0.39, 0.29) is 12.2 Å². The molecule has 0 saturated heterocycles. The molecule has 0 rings (SSSR count). The summed E-state index contributed by atoms with van der Waals surface area (Å²) in [5.74, 6) is -0.756. The van der Waals surface area contributed by atoms with Gasteiger partial charge in [0.25, 0.3) is 0 Å². The number of carbonyl (C=O) groups excluding carboxylic acids is 2. The Bertz CT molecular complexity index is 154. The number of ketones is 1. The van der Waals surface area contributed by atoms with E-state index in [1.54, 1.807) is 6.92 Å². The van der Waals surface area contributed by atoms with Gasteiger partial charge in [-0.25, -0.2) is 0 Å². The van der Waals surface area contributed by atoms with E-state index in [0.717, 1.165) is 0 Å². The lowest BCUT2D eigenvalue weighted by Gasteiger charge is -1.98. The zero-order valence-electron chi connectivity index (χ0n) is 6.30. The van der Waals surface area contributed by atoms with E-state index in [0.29, 0.717) is 6.61 Å². The van der Waals surface area contributed by atoms with Gasteiger partial charge in [0.1, 0.15) is 6.42 Å².